The molecule has 1 aliphatic rings. The van der Waals surface area contributed by atoms with E-state index in [0.29, 0.717) is 30.3 Å². The Morgan fingerprint density at radius 1 is 1.04 bits per heavy atom. The molecule has 0 bridgehead atoms. The molecule has 6 nitrogen and oxygen atoms in total. The maximum Gasteiger partial charge on any atom is 0.338 e. The van der Waals surface area contributed by atoms with Crippen LogP contribution in [0.1, 0.15) is 34.5 Å². The maximum absolute atomic E-state index is 12.4. The monoisotopic (exact) mass is 377 g/mol. The van der Waals surface area contributed by atoms with Gasteiger partial charge in [-0.25, -0.2) is 4.79 Å². The van der Waals surface area contributed by atoms with Gasteiger partial charge in [-0.1, -0.05) is 30.3 Å². The van der Waals surface area contributed by atoms with Crippen molar-refractivity contribution >= 4 is 11.9 Å². The average Bonchev–Trinajstić information content (AvgIpc) is 2.77. The third-order valence-electron chi connectivity index (χ3n) is 5.07. The molecular formula is C22H23N3O3. The first-order chi connectivity index (χ1) is 13.6. The molecule has 0 radical (unpaired) electrons. The fourth-order valence-corrected chi connectivity index (χ4v) is 3.28. The van der Waals surface area contributed by atoms with Crippen molar-refractivity contribution in [3.05, 3.63) is 71.3 Å². The molecule has 0 unspecified atom stereocenters. The first-order valence-electron chi connectivity index (χ1n) is 9.32. The van der Waals surface area contributed by atoms with Crippen molar-refractivity contribution in [3.8, 4) is 6.07 Å². The summed E-state index contributed by atoms with van der Waals surface area (Å²) in [6.45, 7) is 4.70. The Morgan fingerprint density at radius 3 is 2.29 bits per heavy atom. The molecule has 144 valence electrons. The summed E-state index contributed by atoms with van der Waals surface area (Å²) in [6.07, 6.45) is 0. The molecule has 2 aromatic carbocycles. The number of hydrogen-bond donors (Lipinski definition) is 0. The predicted octanol–water partition coefficient (Wildman–Crippen LogP) is 2.62. The Morgan fingerprint density at radius 2 is 1.68 bits per heavy atom. The fraction of sp³-hybridized carbons (Fsp3) is 0.318. The number of hydrogen-bond acceptors (Lipinski definition) is 5. The van der Waals surface area contributed by atoms with Crippen molar-refractivity contribution in [2.45, 2.75) is 13.0 Å². The molecule has 0 aliphatic carbocycles. The number of benzene rings is 2. The van der Waals surface area contributed by atoms with Crippen molar-refractivity contribution in [1.82, 2.24) is 9.80 Å². The SMILES string of the molecule is C[C@@H](c1ccccc1)N1CCN(C(=O)COC(=O)c2ccc(C#N)cc2)CC1. The second-order valence-corrected chi connectivity index (χ2v) is 6.77. The van der Waals surface area contributed by atoms with Gasteiger partial charge in [0, 0.05) is 32.2 Å². The zero-order valence-electron chi connectivity index (χ0n) is 15.9. The molecule has 1 fully saturated rings. The maximum atomic E-state index is 12.4. The van der Waals surface area contributed by atoms with Crippen molar-refractivity contribution in [1.29, 1.82) is 5.26 Å². The minimum Gasteiger partial charge on any atom is -0.452 e. The predicted molar refractivity (Wildman–Crippen MR) is 104 cm³/mol. The van der Waals surface area contributed by atoms with E-state index in [4.69, 9.17) is 10.00 Å². The summed E-state index contributed by atoms with van der Waals surface area (Å²) in [5.74, 6) is -0.747. The number of piperazine rings is 1. The van der Waals surface area contributed by atoms with Crippen LogP contribution < -0.4 is 0 Å². The number of amides is 1. The zero-order valence-corrected chi connectivity index (χ0v) is 15.9. The third kappa shape index (κ3) is 4.76. The minimum atomic E-state index is -0.561. The number of esters is 1. The molecule has 1 amide bonds. The van der Waals surface area contributed by atoms with Crippen LogP contribution in [0.4, 0.5) is 0 Å². The molecule has 0 N–H and O–H groups in total. The second-order valence-electron chi connectivity index (χ2n) is 6.77. The molecule has 1 atom stereocenters. The summed E-state index contributed by atoms with van der Waals surface area (Å²) in [5, 5.41) is 8.79. The summed E-state index contributed by atoms with van der Waals surface area (Å²) in [7, 11) is 0. The van der Waals surface area contributed by atoms with Crippen LogP contribution in [-0.4, -0.2) is 54.5 Å². The van der Waals surface area contributed by atoms with Crippen LogP contribution in [0.5, 0.6) is 0 Å². The molecule has 0 aromatic heterocycles. The Hall–Kier alpha value is -3.17. The van der Waals surface area contributed by atoms with Crippen molar-refractivity contribution in [3.63, 3.8) is 0 Å². The van der Waals surface area contributed by atoms with Crippen LogP contribution in [0.3, 0.4) is 0 Å². The van der Waals surface area contributed by atoms with E-state index in [0.717, 1.165) is 13.1 Å². The third-order valence-corrected chi connectivity index (χ3v) is 5.07. The van der Waals surface area contributed by atoms with Gasteiger partial charge in [0.2, 0.25) is 0 Å². The van der Waals surface area contributed by atoms with Crippen LogP contribution in [0.2, 0.25) is 0 Å². The Kier molecular flexibility index (Phi) is 6.41. The molecule has 0 spiro atoms. The van der Waals surface area contributed by atoms with Crippen molar-refractivity contribution in [2.24, 2.45) is 0 Å². The Labute approximate surface area is 164 Å². The molecule has 6 heteroatoms. The molecule has 1 heterocycles. The molecule has 28 heavy (non-hydrogen) atoms. The quantitative estimate of drug-likeness (QED) is 0.749. The number of carbonyl (C=O) groups is 2. The van der Waals surface area contributed by atoms with Gasteiger partial charge in [0.05, 0.1) is 17.2 Å². The van der Waals surface area contributed by atoms with Crippen LogP contribution in [0, 0.1) is 11.3 Å². The molecule has 0 saturated carbocycles. The molecule has 1 saturated heterocycles. The largest absolute Gasteiger partial charge is 0.452 e. The van der Waals surface area contributed by atoms with E-state index >= 15 is 0 Å². The smallest absolute Gasteiger partial charge is 0.338 e. The minimum absolute atomic E-state index is 0.186. The molecule has 2 aromatic rings. The van der Waals surface area contributed by atoms with E-state index < -0.39 is 5.97 Å². The first kappa shape index (κ1) is 19.6. The van der Waals surface area contributed by atoms with Crippen LogP contribution in [-0.2, 0) is 9.53 Å². The summed E-state index contributed by atoms with van der Waals surface area (Å²) < 4.78 is 5.13. The average molecular weight is 377 g/mol. The van der Waals surface area contributed by atoms with Gasteiger partial charge in [-0.05, 0) is 36.8 Å². The van der Waals surface area contributed by atoms with E-state index in [1.165, 1.54) is 17.7 Å². The second kappa shape index (κ2) is 9.16. The van der Waals surface area contributed by atoms with Crippen LogP contribution >= 0.6 is 0 Å². The number of nitriles is 1. The standard InChI is InChI=1S/C22H23N3O3/c1-17(19-5-3-2-4-6-19)24-11-13-25(14-12-24)21(26)16-28-22(27)20-9-7-18(15-23)8-10-20/h2-10,17H,11-14,16H2,1H3/t17-/m0/s1. The van der Waals surface area contributed by atoms with Gasteiger partial charge in [-0.15, -0.1) is 0 Å². The normalized spacial score (nSPS) is 15.5. The van der Waals surface area contributed by atoms with Gasteiger partial charge in [-0.3, -0.25) is 9.69 Å². The summed E-state index contributed by atoms with van der Waals surface area (Å²) in [6, 6.07) is 18.7. The van der Waals surface area contributed by atoms with Crippen LogP contribution in [0.15, 0.2) is 54.6 Å². The van der Waals surface area contributed by atoms with Crippen molar-refractivity contribution < 1.29 is 14.3 Å². The highest BCUT2D eigenvalue weighted by Crippen LogP contribution is 2.21. The lowest BCUT2D eigenvalue weighted by molar-refractivity contribution is -0.136. The van der Waals surface area contributed by atoms with Gasteiger partial charge in [-0.2, -0.15) is 5.26 Å². The molecule has 1 aliphatic heterocycles. The fourth-order valence-electron chi connectivity index (χ4n) is 3.28. The Bertz CT molecular complexity index is 851. The summed E-state index contributed by atoms with van der Waals surface area (Å²) >= 11 is 0. The highest BCUT2D eigenvalue weighted by molar-refractivity contribution is 5.91. The van der Waals surface area contributed by atoms with Crippen LogP contribution in [0.25, 0.3) is 0 Å². The van der Waals surface area contributed by atoms with Gasteiger partial charge in [0.1, 0.15) is 0 Å². The summed E-state index contributed by atoms with van der Waals surface area (Å²) in [4.78, 5) is 28.5. The van der Waals surface area contributed by atoms with E-state index in [-0.39, 0.29) is 12.5 Å². The van der Waals surface area contributed by atoms with E-state index in [1.807, 2.05) is 24.3 Å². The van der Waals surface area contributed by atoms with Gasteiger partial charge in [0.25, 0.3) is 5.91 Å². The zero-order chi connectivity index (χ0) is 19.9. The number of nitrogens with zero attached hydrogens (tertiary/aromatic N) is 3. The van der Waals surface area contributed by atoms with E-state index in [9.17, 15) is 9.59 Å². The number of ether oxygens (including phenoxy) is 1. The lowest BCUT2D eigenvalue weighted by Gasteiger charge is -2.38. The molecular weight excluding hydrogens is 354 g/mol. The highest BCUT2D eigenvalue weighted by Gasteiger charge is 2.25. The van der Waals surface area contributed by atoms with Gasteiger partial charge < -0.3 is 9.64 Å². The lowest BCUT2D eigenvalue weighted by atomic mass is 10.1. The van der Waals surface area contributed by atoms with Gasteiger partial charge in [0.15, 0.2) is 6.61 Å². The Balaban J connectivity index is 1.46. The van der Waals surface area contributed by atoms with Gasteiger partial charge >= 0.3 is 5.97 Å². The highest BCUT2D eigenvalue weighted by atomic mass is 16.5. The van der Waals surface area contributed by atoms with Crippen molar-refractivity contribution in [2.75, 3.05) is 32.8 Å². The van der Waals surface area contributed by atoms with E-state index in [1.54, 1.807) is 17.0 Å². The first-order valence-corrected chi connectivity index (χ1v) is 9.32. The topological polar surface area (TPSA) is 73.6 Å². The number of rotatable bonds is 5. The lowest BCUT2D eigenvalue weighted by Crippen LogP contribution is -2.50. The number of carbonyl (C=O) groups excluding carboxylic acids is 2. The molecule has 3 rings (SSSR count). The summed E-state index contributed by atoms with van der Waals surface area (Å²) in [5.41, 5.74) is 2.06. The van der Waals surface area contributed by atoms with E-state index in [2.05, 4.69) is 24.0 Å².